The van der Waals surface area contributed by atoms with E-state index in [1.165, 1.54) is 10.9 Å². The summed E-state index contributed by atoms with van der Waals surface area (Å²) in [5.41, 5.74) is 7.72. The molecule has 32 heavy (non-hydrogen) atoms. The number of hydrogen-bond acceptors (Lipinski definition) is 11. The van der Waals surface area contributed by atoms with Crippen LogP contribution in [0, 0.1) is 0 Å². The number of imidazole rings is 1. The van der Waals surface area contributed by atoms with Gasteiger partial charge in [-0.05, 0) is 24.1 Å². The van der Waals surface area contributed by atoms with Crippen LogP contribution in [-0.2, 0) is 11.2 Å². The molecule has 1 saturated heterocycles. The highest BCUT2D eigenvalue weighted by Gasteiger charge is 2.44. The van der Waals surface area contributed by atoms with Gasteiger partial charge in [0, 0.05) is 12.6 Å². The quantitative estimate of drug-likeness (QED) is 0.307. The molecule has 6 N–H and O–H groups in total. The van der Waals surface area contributed by atoms with Gasteiger partial charge in [0.15, 0.2) is 17.7 Å². The summed E-state index contributed by atoms with van der Waals surface area (Å²) in [6, 6.07) is 5.63. The number of fused-ring (bicyclic) bond motifs is 1. The molecule has 1 aromatic carbocycles. The normalized spacial score (nSPS) is 22.9. The molecule has 0 spiro atoms. The van der Waals surface area contributed by atoms with E-state index < -0.39 is 31.1 Å². The van der Waals surface area contributed by atoms with Gasteiger partial charge < -0.3 is 40.6 Å². The van der Waals surface area contributed by atoms with Crippen LogP contribution < -0.4 is 20.5 Å². The Hall–Kier alpha value is -3.19. The number of aliphatic hydroxyl groups excluding tert-OH is 3. The maximum Gasteiger partial charge on any atom is 0.226 e. The van der Waals surface area contributed by atoms with Crippen molar-refractivity contribution in [2.75, 3.05) is 38.4 Å². The van der Waals surface area contributed by atoms with Crippen LogP contribution in [0.5, 0.6) is 11.5 Å². The Morgan fingerprint density at radius 3 is 2.47 bits per heavy atom. The SMILES string of the molecule is COc1cc(CCNc2nc(N)c3ncn([C@@H]4O[C@H](CO)C(O)C4O)c3n2)cc(OC)c1. The average molecular weight is 446 g/mol. The van der Waals surface area contributed by atoms with Crippen LogP contribution in [0.25, 0.3) is 11.2 Å². The molecule has 1 aliphatic heterocycles. The molecule has 0 radical (unpaired) electrons. The Kier molecular flexibility index (Phi) is 6.28. The molecule has 0 amide bonds. The van der Waals surface area contributed by atoms with E-state index >= 15 is 0 Å². The first-order chi connectivity index (χ1) is 15.4. The second kappa shape index (κ2) is 9.12. The predicted molar refractivity (Wildman–Crippen MR) is 114 cm³/mol. The minimum atomic E-state index is -1.26. The number of ether oxygens (including phenoxy) is 3. The Morgan fingerprint density at radius 1 is 1.12 bits per heavy atom. The maximum absolute atomic E-state index is 10.3. The lowest BCUT2D eigenvalue weighted by atomic mass is 10.1. The molecule has 2 aromatic heterocycles. The van der Waals surface area contributed by atoms with Crippen LogP contribution in [0.15, 0.2) is 24.5 Å². The standard InChI is InChI=1S/C20H26N6O6/c1-30-11-5-10(6-12(7-11)31-2)3-4-22-20-24-17(21)14-18(25-20)26(9-23-14)19-16(29)15(28)13(8-27)32-19/h5-7,9,13,15-16,19,27-29H,3-4,8H2,1-2H3,(H3,21,22,24,25)/t13-,15?,16?,19-/m1/s1. The topological polar surface area (TPSA) is 170 Å². The third kappa shape index (κ3) is 4.12. The van der Waals surface area contributed by atoms with E-state index in [2.05, 4.69) is 20.3 Å². The number of nitrogen functional groups attached to an aromatic ring is 1. The van der Waals surface area contributed by atoms with Gasteiger partial charge in [-0.1, -0.05) is 0 Å². The lowest BCUT2D eigenvalue weighted by Gasteiger charge is -2.17. The van der Waals surface area contributed by atoms with E-state index in [-0.39, 0.29) is 11.8 Å². The van der Waals surface area contributed by atoms with Gasteiger partial charge in [0.05, 0.1) is 27.2 Å². The molecule has 2 unspecified atom stereocenters. The van der Waals surface area contributed by atoms with Gasteiger partial charge in [-0.3, -0.25) is 4.57 Å². The molecular weight excluding hydrogens is 420 g/mol. The number of nitrogens with two attached hydrogens (primary N) is 1. The lowest BCUT2D eigenvalue weighted by molar-refractivity contribution is -0.0511. The predicted octanol–water partition coefficient (Wildman–Crippen LogP) is -0.308. The molecule has 4 atom stereocenters. The monoisotopic (exact) mass is 446 g/mol. The van der Waals surface area contributed by atoms with Crippen LogP contribution in [-0.4, -0.2) is 80.5 Å². The zero-order valence-electron chi connectivity index (χ0n) is 17.7. The Balaban J connectivity index is 1.53. The van der Waals surface area contributed by atoms with Gasteiger partial charge in [-0.25, -0.2) is 4.98 Å². The molecular formula is C20H26N6O6. The largest absolute Gasteiger partial charge is 0.497 e. The van der Waals surface area contributed by atoms with Crippen molar-refractivity contribution in [2.45, 2.75) is 31.0 Å². The third-order valence-corrected chi connectivity index (χ3v) is 5.35. The van der Waals surface area contributed by atoms with Crippen molar-refractivity contribution in [1.82, 2.24) is 19.5 Å². The van der Waals surface area contributed by atoms with Crippen molar-refractivity contribution in [3.05, 3.63) is 30.1 Å². The first kappa shape index (κ1) is 22.0. The summed E-state index contributed by atoms with van der Waals surface area (Å²) in [7, 11) is 3.19. The number of hydrogen-bond donors (Lipinski definition) is 5. The minimum Gasteiger partial charge on any atom is -0.497 e. The lowest BCUT2D eigenvalue weighted by Crippen LogP contribution is -2.33. The third-order valence-electron chi connectivity index (χ3n) is 5.35. The number of benzene rings is 1. The Morgan fingerprint density at radius 2 is 1.84 bits per heavy atom. The van der Waals surface area contributed by atoms with Crippen LogP contribution in [0.1, 0.15) is 11.8 Å². The summed E-state index contributed by atoms with van der Waals surface area (Å²) in [6.07, 6.45) is -2.34. The smallest absolute Gasteiger partial charge is 0.226 e. The van der Waals surface area contributed by atoms with Crippen molar-refractivity contribution >= 4 is 22.9 Å². The molecule has 12 heteroatoms. The number of methoxy groups -OCH3 is 2. The molecule has 4 rings (SSSR count). The van der Waals surface area contributed by atoms with E-state index in [0.29, 0.717) is 35.6 Å². The minimum absolute atomic E-state index is 0.158. The highest BCUT2D eigenvalue weighted by atomic mass is 16.6. The van der Waals surface area contributed by atoms with E-state index in [1.807, 2.05) is 12.1 Å². The summed E-state index contributed by atoms with van der Waals surface area (Å²) in [5.74, 6) is 1.83. The summed E-state index contributed by atoms with van der Waals surface area (Å²) in [5, 5.41) is 32.9. The highest BCUT2D eigenvalue weighted by Crippen LogP contribution is 2.32. The number of aliphatic hydroxyl groups is 3. The van der Waals surface area contributed by atoms with Gasteiger partial charge >= 0.3 is 0 Å². The number of aromatic nitrogens is 4. The first-order valence-electron chi connectivity index (χ1n) is 10.0. The number of anilines is 2. The van der Waals surface area contributed by atoms with Crippen molar-refractivity contribution in [3.63, 3.8) is 0 Å². The van der Waals surface area contributed by atoms with Gasteiger partial charge in [0.2, 0.25) is 5.95 Å². The van der Waals surface area contributed by atoms with E-state index in [9.17, 15) is 15.3 Å². The fourth-order valence-electron chi connectivity index (χ4n) is 3.64. The fraction of sp³-hybridized carbons (Fsp3) is 0.450. The van der Waals surface area contributed by atoms with E-state index in [4.69, 9.17) is 19.9 Å². The zero-order valence-corrected chi connectivity index (χ0v) is 17.7. The highest BCUT2D eigenvalue weighted by molar-refractivity contribution is 5.83. The van der Waals surface area contributed by atoms with Crippen molar-refractivity contribution in [1.29, 1.82) is 0 Å². The second-order valence-corrected chi connectivity index (χ2v) is 7.38. The van der Waals surface area contributed by atoms with Crippen LogP contribution >= 0.6 is 0 Å². The summed E-state index contributed by atoms with van der Waals surface area (Å²) in [4.78, 5) is 12.9. The van der Waals surface area contributed by atoms with Crippen LogP contribution in [0.3, 0.4) is 0 Å². The van der Waals surface area contributed by atoms with Gasteiger partial charge in [0.1, 0.15) is 35.3 Å². The Labute approximate surface area is 183 Å². The molecule has 12 nitrogen and oxygen atoms in total. The molecule has 3 heterocycles. The number of rotatable bonds is 8. The molecule has 1 fully saturated rings. The Bertz CT molecular complexity index is 1070. The summed E-state index contributed by atoms with van der Waals surface area (Å²) >= 11 is 0. The summed E-state index contributed by atoms with van der Waals surface area (Å²) in [6.45, 7) is 0.0730. The summed E-state index contributed by atoms with van der Waals surface area (Å²) < 4.78 is 17.6. The van der Waals surface area contributed by atoms with Crippen LogP contribution in [0.4, 0.5) is 11.8 Å². The fourth-order valence-corrected chi connectivity index (χ4v) is 3.64. The number of nitrogens with one attached hydrogen (secondary N) is 1. The van der Waals surface area contributed by atoms with Crippen molar-refractivity contribution in [3.8, 4) is 11.5 Å². The number of nitrogens with zero attached hydrogens (tertiary/aromatic N) is 4. The van der Waals surface area contributed by atoms with E-state index in [0.717, 1.165) is 5.56 Å². The zero-order chi connectivity index (χ0) is 22.8. The van der Waals surface area contributed by atoms with Gasteiger partial charge in [-0.2, -0.15) is 9.97 Å². The molecule has 3 aromatic rings. The van der Waals surface area contributed by atoms with Crippen molar-refractivity contribution in [2.24, 2.45) is 0 Å². The molecule has 1 aliphatic rings. The molecule has 0 aliphatic carbocycles. The molecule has 0 saturated carbocycles. The van der Waals surface area contributed by atoms with Gasteiger partial charge in [0.25, 0.3) is 0 Å². The van der Waals surface area contributed by atoms with Crippen LogP contribution in [0.2, 0.25) is 0 Å². The molecule has 172 valence electrons. The van der Waals surface area contributed by atoms with Crippen molar-refractivity contribution < 1.29 is 29.5 Å². The van der Waals surface area contributed by atoms with Gasteiger partial charge in [-0.15, -0.1) is 0 Å². The maximum atomic E-state index is 10.3. The van der Waals surface area contributed by atoms with E-state index in [1.54, 1.807) is 20.3 Å². The molecule has 0 bridgehead atoms. The first-order valence-corrected chi connectivity index (χ1v) is 10.0. The average Bonchev–Trinajstić information content (AvgIpc) is 3.34. The second-order valence-electron chi connectivity index (χ2n) is 7.38.